The van der Waals surface area contributed by atoms with Gasteiger partial charge in [-0.25, -0.2) is 0 Å². The molecule has 0 saturated heterocycles. The second kappa shape index (κ2) is 10.9. The smallest absolute Gasteiger partial charge is 0.437 e. The highest BCUT2D eigenvalue weighted by Gasteiger charge is 2.38. The highest BCUT2D eigenvalue weighted by molar-refractivity contribution is 6.30. The minimum atomic E-state index is -4.64. The number of aromatic nitrogens is 1. The molecule has 0 spiro atoms. The van der Waals surface area contributed by atoms with Crippen molar-refractivity contribution >= 4 is 28.4 Å². The molecule has 3 aromatic rings. The molecular weight excluding hydrogens is 471 g/mol. The van der Waals surface area contributed by atoms with Gasteiger partial charge in [0.05, 0.1) is 10.5 Å². The largest absolute Gasteiger partial charge is 0.476 e. The third-order valence-corrected chi connectivity index (χ3v) is 5.52. The molecule has 3 rings (SSSR count). The van der Waals surface area contributed by atoms with Crippen molar-refractivity contribution in [3.05, 3.63) is 57.7 Å². The molecule has 4 N–H and O–H groups in total. The van der Waals surface area contributed by atoms with E-state index in [0.29, 0.717) is 54.0 Å². The molecule has 1 atom stereocenters. The van der Waals surface area contributed by atoms with E-state index in [2.05, 4.69) is 15.5 Å². The molecule has 1 aromatic heterocycles. The molecule has 182 valence electrons. The maximum absolute atomic E-state index is 13.5. The van der Waals surface area contributed by atoms with Crippen LogP contribution in [0.4, 0.5) is 13.2 Å². The number of hydrogen-bond donors (Lipinski definition) is 2. The molecule has 0 saturated carbocycles. The predicted molar refractivity (Wildman–Crippen MR) is 123 cm³/mol. The van der Waals surface area contributed by atoms with E-state index in [1.165, 1.54) is 6.07 Å². The Labute approximate surface area is 199 Å². The monoisotopic (exact) mass is 496 g/mol. The van der Waals surface area contributed by atoms with Gasteiger partial charge in [0.1, 0.15) is 5.75 Å². The summed E-state index contributed by atoms with van der Waals surface area (Å²) in [5, 5.41) is 16.9. The van der Waals surface area contributed by atoms with Gasteiger partial charge >= 0.3 is 12.0 Å². The summed E-state index contributed by atoms with van der Waals surface area (Å²) < 4.78 is 52.2. The number of amidine groups is 1. The zero-order chi connectivity index (χ0) is 24.9. The van der Waals surface area contributed by atoms with Crippen LogP contribution in [0.1, 0.15) is 49.1 Å². The fraction of sp³-hybridized carbons (Fsp3) is 0.391. The molecule has 0 aliphatic carbocycles. The topological polar surface area (TPSA) is 112 Å². The van der Waals surface area contributed by atoms with Gasteiger partial charge in [-0.2, -0.15) is 13.2 Å². The molecule has 7 nitrogen and oxygen atoms in total. The highest BCUT2D eigenvalue weighted by atomic mass is 35.5. The van der Waals surface area contributed by atoms with Gasteiger partial charge in [0.25, 0.3) is 0 Å². The molecule has 1 heterocycles. The lowest BCUT2D eigenvalue weighted by Gasteiger charge is -2.20. The third kappa shape index (κ3) is 5.67. The van der Waals surface area contributed by atoms with E-state index in [1.807, 2.05) is 26.0 Å². The van der Waals surface area contributed by atoms with Crippen LogP contribution in [-0.4, -0.2) is 17.1 Å². The summed E-state index contributed by atoms with van der Waals surface area (Å²) in [6.07, 6.45) is -2.89. The summed E-state index contributed by atoms with van der Waals surface area (Å²) in [6, 6.07) is 8.55. The number of nitrogens with two attached hydrogens (primary N) is 2. The molecule has 34 heavy (non-hydrogen) atoms. The quantitative estimate of drug-likeness (QED) is 0.144. The minimum absolute atomic E-state index is 0.0241. The molecule has 11 heteroatoms. The number of rotatable bonds is 9. The van der Waals surface area contributed by atoms with Gasteiger partial charge in [0.15, 0.2) is 11.3 Å². The fourth-order valence-electron chi connectivity index (χ4n) is 3.78. The van der Waals surface area contributed by atoms with Crippen LogP contribution in [0.5, 0.6) is 5.75 Å². The number of halogens is 4. The normalized spacial score (nSPS) is 13.0. The van der Waals surface area contributed by atoms with Gasteiger partial charge in [-0.15, -0.1) is 0 Å². The Bertz CT molecular complexity index is 1180. The number of ether oxygens (including phenoxy) is 1. The number of nitrogens with zero attached hydrogens (tertiary/aromatic N) is 3. The van der Waals surface area contributed by atoms with Crippen LogP contribution in [0.25, 0.3) is 11.0 Å². The van der Waals surface area contributed by atoms with Gasteiger partial charge in [0, 0.05) is 22.2 Å². The number of aryl methyl sites for hydroxylation is 2. The van der Waals surface area contributed by atoms with Crippen LogP contribution in [0.2, 0.25) is 5.02 Å². The van der Waals surface area contributed by atoms with Crippen LogP contribution in [0.15, 0.2) is 45.2 Å². The first-order valence-corrected chi connectivity index (χ1v) is 11.2. The summed E-state index contributed by atoms with van der Waals surface area (Å²) in [7, 11) is 0. The van der Waals surface area contributed by atoms with Crippen LogP contribution >= 0.6 is 11.6 Å². The second-order valence-electron chi connectivity index (χ2n) is 7.83. The number of hydrogen-bond acceptors (Lipinski definition) is 4. The van der Waals surface area contributed by atoms with Gasteiger partial charge < -0.3 is 9.26 Å². The average molecular weight is 497 g/mol. The standard InChI is InChI=1S/C23H25ClF3N5O2/c1-3-5-14-12-17-20(34-31-21(17)23(25,26)27)16(6-4-2)19(14)33-18(22(28)30-32-29)11-13-7-9-15(24)10-8-13/h7-10,12,18H,3-6,11H2,1-2H3,(H3,28,29,30)/p+1. The van der Waals surface area contributed by atoms with E-state index >= 15 is 0 Å². The molecular formula is C23H26ClF3N5O2+. The predicted octanol–water partition coefficient (Wildman–Crippen LogP) is 4.88. The third-order valence-electron chi connectivity index (χ3n) is 5.27. The molecule has 0 fully saturated rings. The van der Waals surface area contributed by atoms with E-state index in [-0.39, 0.29) is 16.8 Å². The first kappa shape index (κ1) is 25.5. The first-order chi connectivity index (χ1) is 16.2. The lowest BCUT2D eigenvalue weighted by Crippen LogP contribution is -2.49. The van der Waals surface area contributed by atoms with Crippen molar-refractivity contribution in [3.8, 4) is 5.75 Å². The summed E-state index contributed by atoms with van der Waals surface area (Å²) in [5.41, 5.74) is 0.965. The van der Waals surface area contributed by atoms with Gasteiger partial charge in [-0.05, 0) is 42.2 Å². The van der Waals surface area contributed by atoms with Crippen molar-refractivity contribution in [2.75, 3.05) is 0 Å². The molecule has 0 amide bonds. The van der Waals surface area contributed by atoms with Gasteiger partial charge in [-0.3, -0.25) is 11.3 Å². The van der Waals surface area contributed by atoms with E-state index in [9.17, 15) is 13.2 Å². The minimum Gasteiger partial charge on any atom is -0.476 e. The SMILES string of the molecule is CCCc1cc2c(C(F)(F)F)noc2c(CCC)c1OC(Cc1ccc(Cl)cc1)C(=[NH2+])N=NN. The molecule has 0 radical (unpaired) electrons. The van der Waals surface area contributed by atoms with Crippen LogP contribution in [0.3, 0.4) is 0 Å². The lowest BCUT2D eigenvalue weighted by molar-refractivity contribution is -0.141. The van der Waals surface area contributed by atoms with Crippen LogP contribution in [-0.2, 0) is 25.4 Å². The van der Waals surface area contributed by atoms with Crippen LogP contribution in [0, 0.1) is 0 Å². The zero-order valence-electron chi connectivity index (χ0n) is 18.8. The maximum Gasteiger partial charge on any atom is 0.437 e. The molecule has 0 bridgehead atoms. The lowest BCUT2D eigenvalue weighted by atomic mass is 9.97. The average Bonchev–Trinajstić information content (AvgIpc) is 3.21. The highest BCUT2D eigenvalue weighted by Crippen LogP contribution is 2.41. The Morgan fingerprint density at radius 3 is 2.47 bits per heavy atom. The van der Waals surface area contributed by atoms with Crippen molar-refractivity contribution in [2.45, 2.75) is 58.2 Å². The Hall–Kier alpha value is -3.14. The number of benzene rings is 2. The Kier molecular flexibility index (Phi) is 8.14. The van der Waals surface area contributed by atoms with Crippen molar-refractivity contribution < 1.29 is 27.8 Å². The molecule has 2 aromatic carbocycles. The Morgan fingerprint density at radius 2 is 1.88 bits per heavy atom. The Morgan fingerprint density at radius 1 is 1.21 bits per heavy atom. The first-order valence-electron chi connectivity index (χ1n) is 10.8. The second-order valence-corrected chi connectivity index (χ2v) is 8.26. The van der Waals surface area contributed by atoms with E-state index < -0.39 is 18.0 Å². The van der Waals surface area contributed by atoms with E-state index in [0.717, 1.165) is 5.56 Å². The van der Waals surface area contributed by atoms with Crippen molar-refractivity contribution in [3.63, 3.8) is 0 Å². The summed E-state index contributed by atoms with van der Waals surface area (Å²) in [6.45, 7) is 3.84. The zero-order valence-corrected chi connectivity index (χ0v) is 19.6. The van der Waals surface area contributed by atoms with Crippen LogP contribution < -0.4 is 16.0 Å². The van der Waals surface area contributed by atoms with E-state index in [1.54, 1.807) is 12.1 Å². The van der Waals surface area contributed by atoms with Gasteiger partial charge in [0.2, 0.25) is 6.10 Å². The summed E-state index contributed by atoms with van der Waals surface area (Å²) in [5.74, 6) is 5.64. The Balaban J connectivity index is 2.15. The summed E-state index contributed by atoms with van der Waals surface area (Å²) >= 11 is 5.98. The van der Waals surface area contributed by atoms with E-state index in [4.69, 9.17) is 32.1 Å². The van der Waals surface area contributed by atoms with Crippen molar-refractivity contribution in [2.24, 2.45) is 16.2 Å². The van der Waals surface area contributed by atoms with Crippen molar-refractivity contribution in [1.29, 1.82) is 0 Å². The number of alkyl halides is 3. The maximum atomic E-state index is 13.5. The van der Waals surface area contributed by atoms with Crippen molar-refractivity contribution in [1.82, 2.24) is 5.16 Å². The molecule has 0 aliphatic heterocycles. The number of fused-ring (bicyclic) bond motifs is 1. The molecule has 0 aliphatic rings. The fourth-order valence-corrected chi connectivity index (χ4v) is 3.91. The van der Waals surface area contributed by atoms with Gasteiger partial charge in [-0.1, -0.05) is 55.6 Å². The summed E-state index contributed by atoms with van der Waals surface area (Å²) in [4.78, 5) is 0. The molecule has 1 unspecified atom stereocenters.